The molecule has 0 spiro atoms. The topological polar surface area (TPSA) is 26.3 Å². The van der Waals surface area contributed by atoms with Gasteiger partial charge in [-0.15, -0.1) is 0 Å². The fourth-order valence-corrected chi connectivity index (χ4v) is 1.31. The Morgan fingerprint density at radius 2 is 1.81 bits per heavy atom. The molecule has 2 nitrogen and oxygen atoms in total. The van der Waals surface area contributed by atoms with Crippen LogP contribution in [0.5, 0.6) is 0 Å². The Hall–Kier alpha value is -1.52. The number of esters is 1. The minimum absolute atomic E-state index is 0.0129. The van der Waals surface area contributed by atoms with Gasteiger partial charge in [-0.3, -0.25) is 4.79 Å². The number of methoxy groups -OCH3 is 1. The highest BCUT2D eigenvalue weighted by Gasteiger charge is 2.16. The monoisotopic (exact) mass is 232 g/mol. The normalized spacial score (nSPS) is 12.3. The first-order chi connectivity index (χ1) is 7.45. The molecule has 0 aromatic heterocycles. The number of carbonyl (C=O) groups is 1. The Balaban J connectivity index is 2.92. The third kappa shape index (κ3) is 2.74. The Kier molecular flexibility index (Phi) is 3.93. The highest BCUT2D eigenvalue weighted by Crippen LogP contribution is 2.23. The average molecular weight is 232 g/mol. The lowest BCUT2D eigenvalue weighted by molar-refractivity contribution is -0.140. The fraction of sp³-hybridized carbons (Fsp3) is 0.364. The van der Waals surface area contributed by atoms with Crippen LogP contribution >= 0.6 is 0 Å². The number of hydrogen-bond donors (Lipinski definition) is 0. The number of hydrogen-bond acceptors (Lipinski definition) is 2. The molecule has 0 saturated carbocycles. The maximum Gasteiger partial charge on any atom is 0.306 e. The highest BCUT2D eigenvalue weighted by molar-refractivity contribution is 5.70. The molecule has 0 saturated heterocycles. The molecule has 0 bridgehead atoms. The summed E-state index contributed by atoms with van der Waals surface area (Å²) >= 11 is 0. The molecule has 0 heterocycles. The van der Waals surface area contributed by atoms with Crippen LogP contribution in [0.4, 0.5) is 13.2 Å². The predicted molar refractivity (Wildman–Crippen MR) is 51.4 cm³/mol. The van der Waals surface area contributed by atoms with Crippen molar-refractivity contribution >= 4 is 5.97 Å². The summed E-state index contributed by atoms with van der Waals surface area (Å²) < 4.78 is 42.9. The summed E-state index contributed by atoms with van der Waals surface area (Å²) in [7, 11) is 1.22. The van der Waals surface area contributed by atoms with Crippen molar-refractivity contribution in [3.05, 3.63) is 35.1 Å². The molecule has 1 unspecified atom stereocenters. The first kappa shape index (κ1) is 12.5. The van der Waals surface area contributed by atoms with E-state index in [1.807, 2.05) is 0 Å². The molecule has 5 heteroatoms. The summed E-state index contributed by atoms with van der Waals surface area (Å²) in [5.74, 6) is -4.94. The van der Waals surface area contributed by atoms with Gasteiger partial charge in [-0.25, -0.2) is 13.2 Å². The lowest BCUT2D eigenvalue weighted by Gasteiger charge is -2.11. The van der Waals surface area contributed by atoms with Crippen molar-refractivity contribution in [2.45, 2.75) is 19.3 Å². The van der Waals surface area contributed by atoms with Crippen LogP contribution in [0.15, 0.2) is 12.1 Å². The maximum absolute atomic E-state index is 12.9. The number of ether oxygens (including phenoxy) is 1. The van der Waals surface area contributed by atoms with E-state index in [9.17, 15) is 18.0 Å². The fourth-order valence-electron chi connectivity index (χ4n) is 1.31. The van der Waals surface area contributed by atoms with Gasteiger partial charge in [0.25, 0.3) is 0 Å². The van der Waals surface area contributed by atoms with E-state index >= 15 is 0 Å². The van der Waals surface area contributed by atoms with Crippen molar-refractivity contribution in [1.82, 2.24) is 0 Å². The van der Waals surface area contributed by atoms with Gasteiger partial charge < -0.3 is 4.74 Å². The minimum atomic E-state index is -1.51. The molecule has 0 aliphatic carbocycles. The smallest absolute Gasteiger partial charge is 0.306 e. The largest absolute Gasteiger partial charge is 0.469 e. The Bertz CT molecular complexity index is 381. The molecule has 0 amide bonds. The zero-order valence-corrected chi connectivity index (χ0v) is 8.89. The van der Waals surface area contributed by atoms with Gasteiger partial charge in [0, 0.05) is 0 Å². The van der Waals surface area contributed by atoms with E-state index in [1.165, 1.54) is 7.11 Å². The number of rotatable bonds is 3. The molecule has 1 aromatic carbocycles. The van der Waals surface area contributed by atoms with Crippen LogP contribution in [0.3, 0.4) is 0 Å². The Morgan fingerprint density at radius 1 is 1.31 bits per heavy atom. The van der Waals surface area contributed by atoms with Gasteiger partial charge >= 0.3 is 5.97 Å². The first-order valence-electron chi connectivity index (χ1n) is 4.67. The van der Waals surface area contributed by atoms with Crippen LogP contribution in [0.1, 0.15) is 24.8 Å². The third-order valence-electron chi connectivity index (χ3n) is 2.28. The van der Waals surface area contributed by atoms with Crippen LogP contribution in [0, 0.1) is 17.5 Å². The van der Waals surface area contributed by atoms with Crippen molar-refractivity contribution in [1.29, 1.82) is 0 Å². The number of halogens is 3. The summed E-state index contributed by atoms with van der Waals surface area (Å²) in [4.78, 5) is 10.9. The van der Waals surface area contributed by atoms with Gasteiger partial charge in [0.1, 0.15) is 0 Å². The van der Waals surface area contributed by atoms with Crippen LogP contribution < -0.4 is 0 Å². The second kappa shape index (κ2) is 5.01. The quantitative estimate of drug-likeness (QED) is 0.591. The molecular formula is C11H11F3O2. The summed E-state index contributed by atoms with van der Waals surface area (Å²) in [5, 5.41) is 0. The molecule has 0 N–H and O–H groups in total. The second-order valence-corrected chi connectivity index (χ2v) is 3.48. The molecule has 1 rings (SSSR count). The van der Waals surface area contributed by atoms with E-state index in [2.05, 4.69) is 4.74 Å². The number of benzene rings is 1. The van der Waals surface area contributed by atoms with Gasteiger partial charge in [0.15, 0.2) is 17.5 Å². The lowest BCUT2D eigenvalue weighted by atomic mass is 9.97. The molecule has 0 aliphatic heterocycles. The average Bonchev–Trinajstić information content (AvgIpc) is 2.24. The van der Waals surface area contributed by atoms with Crippen LogP contribution in [0.2, 0.25) is 0 Å². The van der Waals surface area contributed by atoms with Crippen LogP contribution in [0.25, 0.3) is 0 Å². The van der Waals surface area contributed by atoms with Crippen molar-refractivity contribution in [3.63, 3.8) is 0 Å². The summed E-state index contributed by atoms with van der Waals surface area (Å²) in [6.45, 7) is 1.60. The lowest BCUT2D eigenvalue weighted by Crippen LogP contribution is -2.07. The van der Waals surface area contributed by atoms with E-state index in [0.29, 0.717) is 0 Å². The van der Waals surface area contributed by atoms with E-state index in [1.54, 1.807) is 6.92 Å². The molecular weight excluding hydrogens is 221 g/mol. The summed E-state index contributed by atoms with van der Waals surface area (Å²) in [6.07, 6.45) is -0.0129. The van der Waals surface area contributed by atoms with Gasteiger partial charge in [-0.2, -0.15) is 0 Å². The predicted octanol–water partition coefficient (Wildman–Crippen LogP) is 2.77. The standard InChI is InChI=1S/C11H11F3O2/c1-6(3-10(15)16-2)7-4-8(12)11(14)9(13)5-7/h4-6H,3H2,1-2H3. The summed E-state index contributed by atoms with van der Waals surface area (Å²) in [5.41, 5.74) is 0.224. The molecule has 88 valence electrons. The van der Waals surface area contributed by atoms with E-state index in [4.69, 9.17) is 0 Å². The number of carbonyl (C=O) groups excluding carboxylic acids is 1. The van der Waals surface area contributed by atoms with Crippen molar-refractivity contribution in [2.24, 2.45) is 0 Å². The van der Waals surface area contributed by atoms with Crippen molar-refractivity contribution < 1.29 is 22.7 Å². The maximum atomic E-state index is 12.9. The van der Waals surface area contributed by atoms with E-state index < -0.39 is 29.3 Å². The molecule has 16 heavy (non-hydrogen) atoms. The van der Waals surface area contributed by atoms with Crippen molar-refractivity contribution in [2.75, 3.05) is 7.11 Å². The Labute approximate surface area is 91.0 Å². The molecule has 0 aliphatic rings. The van der Waals surface area contributed by atoms with E-state index in [0.717, 1.165) is 12.1 Å². The molecule has 0 fully saturated rings. The zero-order chi connectivity index (χ0) is 12.3. The SMILES string of the molecule is COC(=O)CC(C)c1cc(F)c(F)c(F)c1. The highest BCUT2D eigenvalue weighted by atomic mass is 19.2. The van der Waals surface area contributed by atoms with E-state index in [-0.39, 0.29) is 12.0 Å². The van der Waals surface area contributed by atoms with Gasteiger partial charge in [-0.05, 0) is 23.6 Å². The third-order valence-corrected chi connectivity index (χ3v) is 2.28. The zero-order valence-electron chi connectivity index (χ0n) is 8.89. The summed E-state index contributed by atoms with van der Waals surface area (Å²) in [6, 6.07) is 1.76. The minimum Gasteiger partial charge on any atom is -0.469 e. The van der Waals surface area contributed by atoms with Gasteiger partial charge in [0.2, 0.25) is 0 Å². The van der Waals surface area contributed by atoms with Crippen molar-refractivity contribution in [3.8, 4) is 0 Å². The second-order valence-electron chi connectivity index (χ2n) is 3.48. The van der Waals surface area contributed by atoms with Crippen LogP contribution in [-0.2, 0) is 9.53 Å². The van der Waals surface area contributed by atoms with Gasteiger partial charge in [-0.1, -0.05) is 6.92 Å². The molecule has 0 radical (unpaired) electrons. The van der Waals surface area contributed by atoms with Gasteiger partial charge in [0.05, 0.1) is 13.5 Å². The molecule has 1 atom stereocenters. The first-order valence-corrected chi connectivity index (χ1v) is 4.67. The molecule has 1 aromatic rings. The van der Waals surface area contributed by atoms with Crippen LogP contribution in [-0.4, -0.2) is 13.1 Å². The Morgan fingerprint density at radius 3 is 2.25 bits per heavy atom.